The summed E-state index contributed by atoms with van der Waals surface area (Å²) in [7, 11) is -9.15. The van der Waals surface area contributed by atoms with Gasteiger partial charge in [0.1, 0.15) is 9.80 Å². The summed E-state index contributed by atoms with van der Waals surface area (Å²) >= 11 is 0. The third-order valence-corrected chi connectivity index (χ3v) is 5.27. The molecule has 0 radical (unpaired) electrons. The third-order valence-electron chi connectivity index (χ3n) is 3.42. The van der Waals surface area contributed by atoms with Crippen LogP contribution in [0, 0.1) is 0 Å². The summed E-state index contributed by atoms with van der Waals surface area (Å²) < 4.78 is 69.9. The summed E-state index contributed by atoms with van der Waals surface area (Å²) in [6, 6.07) is 4.02. The van der Waals surface area contributed by atoms with E-state index >= 15 is 0 Å². The van der Waals surface area contributed by atoms with Crippen LogP contribution in [-0.4, -0.2) is 25.9 Å². The van der Waals surface area contributed by atoms with Gasteiger partial charge in [-0.1, -0.05) is 18.2 Å². The topological polar surface area (TPSA) is 144 Å². The minimum absolute atomic E-state index is 0.194. The highest BCUT2D eigenvalue weighted by molar-refractivity contribution is 7.89. The highest BCUT2D eigenvalue weighted by Gasteiger charge is 2.33. The van der Waals surface area contributed by atoms with Gasteiger partial charge in [0.15, 0.2) is 11.5 Å². The molecule has 0 atom stereocenters. The standard InChI is InChI=1S/C13H11NO7S2/c14-9-4-5-11(23(18,19)20)13-8(9)6-7-2-1-3-10(12(7)21-13)22(15,16)17/h1-4,6H,5,14H2,(H,15,16,17)(H,18,19,20). The van der Waals surface area contributed by atoms with Gasteiger partial charge in [-0.15, -0.1) is 0 Å². The average molecular weight is 357 g/mol. The number of ether oxygens (including phenoxy) is 1. The number of benzene rings is 1. The van der Waals surface area contributed by atoms with Crippen LogP contribution in [0.1, 0.15) is 12.0 Å². The lowest BCUT2D eigenvalue weighted by atomic mass is 9.98. The van der Waals surface area contributed by atoms with Gasteiger partial charge < -0.3 is 10.5 Å². The maximum Gasteiger partial charge on any atom is 0.298 e. The van der Waals surface area contributed by atoms with Crippen molar-refractivity contribution in [1.82, 2.24) is 0 Å². The van der Waals surface area contributed by atoms with Gasteiger partial charge in [-0.3, -0.25) is 9.11 Å². The van der Waals surface area contributed by atoms with Crippen LogP contribution in [0.4, 0.5) is 0 Å². The molecule has 1 aliphatic heterocycles. The molecule has 122 valence electrons. The molecule has 4 N–H and O–H groups in total. The molecule has 0 fully saturated rings. The number of rotatable bonds is 2. The normalized spacial score (nSPS) is 17.7. The molecule has 3 rings (SSSR count). The van der Waals surface area contributed by atoms with E-state index < -0.39 is 30.0 Å². The maximum absolute atomic E-state index is 11.5. The molecule has 8 nitrogen and oxygen atoms in total. The van der Waals surface area contributed by atoms with E-state index in [1.807, 2.05) is 0 Å². The van der Waals surface area contributed by atoms with Crippen molar-refractivity contribution in [3.8, 4) is 5.75 Å². The highest BCUT2D eigenvalue weighted by atomic mass is 32.2. The first kappa shape index (κ1) is 15.7. The summed E-state index contributed by atoms with van der Waals surface area (Å²) in [5.41, 5.74) is 6.55. The second kappa shape index (κ2) is 4.93. The van der Waals surface area contributed by atoms with E-state index in [0.717, 1.165) is 6.07 Å². The molecule has 0 spiro atoms. The Bertz CT molecular complexity index is 1010. The molecule has 23 heavy (non-hydrogen) atoms. The van der Waals surface area contributed by atoms with Crippen molar-refractivity contribution >= 4 is 26.3 Å². The van der Waals surface area contributed by atoms with E-state index in [1.165, 1.54) is 24.3 Å². The van der Waals surface area contributed by atoms with Crippen molar-refractivity contribution in [3.05, 3.63) is 51.8 Å². The Hall–Kier alpha value is -2.14. The Morgan fingerprint density at radius 3 is 2.39 bits per heavy atom. The number of hydrogen-bond donors (Lipinski definition) is 3. The van der Waals surface area contributed by atoms with E-state index in [-0.39, 0.29) is 29.2 Å². The zero-order valence-corrected chi connectivity index (χ0v) is 13.1. The van der Waals surface area contributed by atoms with Crippen LogP contribution in [-0.2, 0) is 20.2 Å². The van der Waals surface area contributed by atoms with Crippen LogP contribution in [0.25, 0.3) is 6.08 Å². The molecular formula is C13H11NO7S2. The SMILES string of the molecule is NC1=CCC(S(=O)(=O)O)=C2Oc3c(cccc3S(=O)(=O)O)C=C12. The zero-order valence-electron chi connectivity index (χ0n) is 11.4. The summed E-state index contributed by atoms with van der Waals surface area (Å²) in [6.45, 7) is 0. The Morgan fingerprint density at radius 1 is 1.09 bits per heavy atom. The first-order valence-electron chi connectivity index (χ1n) is 6.26. The van der Waals surface area contributed by atoms with Crippen molar-refractivity contribution in [1.29, 1.82) is 0 Å². The van der Waals surface area contributed by atoms with Crippen LogP contribution in [0.15, 0.2) is 51.1 Å². The lowest BCUT2D eigenvalue weighted by Crippen LogP contribution is -2.21. The molecular weight excluding hydrogens is 346 g/mol. The Morgan fingerprint density at radius 2 is 1.78 bits per heavy atom. The first-order chi connectivity index (χ1) is 10.6. The van der Waals surface area contributed by atoms with Crippen LogP contribution in [0.2, 0.25) is 0 Å². The second-order valence-electron chi connectivity index (χ2n) is 4.90. The van der Waals surface area contributed by atoms with Crippen molar-refractivity contribution in [3.63, 3.8) is 0 Å². The van der Waals surface area contributed by atoms with Gasteiger partial charge in [0.2, 0.25) is 0 Å². The predicted molar refractivity (Wildman–Crippen MR) is 80.3 cm³/mol. The molecule has 0 bridgehead atoms. The smallest absolute Gasteiger partial charge is 0.298 e. The van der Waals surface area contributed by atoms with Gasteiger partial charge in [-0.05, 0) is 12.1 Å². The highest BCUT2D eigenvalue weighted by Crippen LogP contribution is 2.42. The molecule has 1 aliphatic carbocycles. The molecule has 10 heteroatoms. The zero-order chi connectivity index (χ0) is 17.0. The van der Waals surface area contributed by atoms with Crippen LogP contribution < -0.4 is 10.5 Å². The Balaban J connectivity index is 2.33. The molecule has 1 aromatic carbocycles. The molecule has 0 unspecified atom stereocenters. The van der Waals surface area contributed by atoms with Gasteiger partial charge in [-0.25, -0.2) is 0 Å². The van der Waals surface area contributed by atoms with E-state index in [4.69, 9.17) is 10.5 Å². The van der Waals surface area contributed by atoms with Gasteiger partial charge in [0.25, 0.3) is 20.2 Å². The summed E-state index contributed by atoms with van der Waals surface area (Å²) in [6.07, 6.45) is 2.64. The maximum atomic E-state index is 11.5. The van der Waals surface area contributed by atoms with Crippen molar-refractivity contribution in [2.24, 2.45) is 5.73 Å². The first-order valence-corrected chi connectivity index (χ1v) is 9.14. The van der Waals surface area contributed by atoms with Crippen molar-refractivity contribution in [2.45, 2.75) is 11.3 Å². The Labute approximate surface area is 132 Å². The predicted octanol–water partition coefficient (Wildman–Crippen LogP) is 1.05. The van der Waals surface area contributed by atoms with Gasteiger partial charge in [0.05, 0.1) is 0 Å². The fourth-order valence-electron chi connectivity index (χ4n) is 2.39. The monoisotopic (exact) mass is 357 g/mol. The lowest BCUT2D eigenvalue weighted by molar-refractivity contribution is 0.405. The van der Waals surface area contributed by atoms with Gasteiger partial charge in [-0.2, -0.15) is 16.8 Å². The molecule has 0 aromatic heterocycles. The van der Waals surface area contributed by atoms with E-state index in [1.54, 1.807) is 0 Å². The van der Waals surface area contributed by atoms with Crippen LogP contribution in [0.5, 0.6) is 5.75 Å². The van der Waals surface area contributed by atoms with Crippen molar-refractivity contribution < 1.29 is 30.7 Å². The summed E-state index contributed by atoms with van der Waals surface area (Å²) in [5.74, 6) is -0.485. The fourth-order valence-corrected chi connectivity index (χ4v) is 3.71. The van der Waals surface area contributed by atoms with Gasteiger partial charge >= 0.3 is 0 Å². The molecule has 0 saturated heterocycles. The number of hydrogen-bond acceptors (Lipinski definition) is 6. The molecule has 0 amide bonds. The molecule has 0 saturated carbocycles. The van der Waals surface area contributed by atoms with E-state index in [9.17, 15) is 25.9 Å². The summed E-state index contributed by atoms with van der Waals surface area (Å²) in [5, 5.41) is 0. The third kappa shape index (κ3) is 2.65. The fraction of sp³-hybridized carbons (Fsp3) is 0.0769. The van der Waals surface area contributed by atoms with Gasteiger partial charge in [0, 0.05) is 23.3 Å². The van der Waals surface area contributed by atoms with Crippen molar-refractivity contribution in [2.75, 3.05) is 0 Å². The minimum atomic E-state index is -4.58. The molecule has 1 heterocycles. The number of nitrogens with two attached hydrogens (primary N) is 1. The van der Waals surface area contributed by atoms with E-state index in [2.05, 4.69) is 0 Å². The average Bonchev–Trinajstić information content (AvgIpc) is 2.43. The number of allylic oxidation sites excluding steroid dienone is 2. The summed E-state index contributed by atoms with van der Waals surface area (Å²) in [4.78, 5) is -0.950. The number of para-hydroxylation sites is 1. The number of fused-ring (bicyclic) bond motifs is 2. The Kier molecular flexibility index (Phi) is 3.37. The van der Waals surface area contributed by atoms with Crippen LogP contribution >= 0.6 is 0 Å². The molecule has 2 aliphatic rings. The lowest BCUT2D eigenvalue weighted by Gasteiger charge is -2.26. The largest absolute Gasteiger partial charge is 0.453 e. The second-order valence-corrected chi connectivity index (χ2v) is 7.73. The quantitative estimate of drug-likeness (QED) is 0.666. The molecule has 1 aromatic rings. The van der Waals surface area contributed by atoms with E-state index in [0.29, 0.717) is 5.56 Å². The minimum Gasteiger partial charge on any atom is -0.453 e. The van der Waals surface area contributed by atoms with Crippen LogP contribution in [0.3, 0.4) is 0 Å².